The first-order valence-electron chi connectivity index (χ1n) is 15.8. The van der Waals surface area contributed by atoms with E-state index in [2.05, 4.69) is 16.3 Å². The molecule has 242 valence electrons. The third kappa shape index (κ3) is 9.09. The molecule has 1 amide bonds. The van der Waals surface area contributed by atoms with E-state index in [1.807, 2.05) is 42.5 Å². The fourth-order valence-corrected chi connectivity index (χ4v) is 5.99. The molecule has 2 aliphatic heterocycles. The van der Waals surface area contributed by atoms with Crippen molar-refractivity contribution in [2.24, 2.45) is 0 Å². The number of benzene rings is 3. The average Bonchev–Trinajstić information content (AvgIpc) is 3.06. The van der Waals surface area contributed by atoms with Gasteiger partial charge in [0.25, 0.3) is 0 Å². The van der Waals surface area contributed by atoms with E-state index in [-0.39, 0.29) is 17.8 Å². The van der Waals surface area contributed by atoms with Crippen molar-refractivity contribution in [1.82, 2.24) is 10.2 Å². The highest BCUT2D eigenvalue weighted by atomic mass is 19.1. The second-order valence-electron chi connectivity index (χ2n) is 11.5. The molecule has 2 unspecified atom stereocenters. The van der Waals surface area contributed by atoms with E-state index in [4.69, 9.17) is 18.9 Å². The van der Waals surface area contributed by atoms with E-state index >= 15 is 0 Å². The molecule has 0 aromatic heterocycles. The van der Waals surface area contributed by atoms with Crippen molar-refractivity contribution in [3.05, 3.63) is 89.2 Å². The summed E-state index contributed by atoms with van der Waals surface area (Å²) in [5, 5.41) is 13.0. The van der Waals surface area contributed by atoms with Crippen LogP contribution in [0.4, 0.5) is 14.9 Å². The van der Waals surface area contributed by atoms with Crippen molar-refractivity contribution in [2.45, 2.75) is 37.9 Å². The zero-order chi connectivity index (χ0) is 31.4. The maximum Gasteiger partial charge on any atom is 0.407 e. The lowest BCUT2D eigenvalue weighted by Crippen LogP contribution is -2.46. The van der Waals surface area contributed by atoms with Gasteiger partial charge in [0.05, 0.1) is 31.5 Å². The summed E-state index contributed by atoms with van der Waals surface area (Å²) in [5.74, 6) is 1.52. The van der Waals surface area contributed by atoms with Crippen molar-refractivity contribution in [3.63, 3.8) is 0 Å². The van der Waals surface area contributed by atoms with Crippen LogP contribution < -0.4 is 19.7 Å². The molecule has 3 aromatic carbocycles. The lowest BCUT2D eigenvalue weighted by molar-refractivity contribution is -0.0199. The molecular formula is C35H44FN3O6. The molecule has 3 aromatic rings. The molecule has 10 heteroatoms. The van der Waals surface area contributed by atoms with Crippen LogP contribution in [0.5, 0.6) is 11.5 Å². The van der Waals surface area contributed by atoms with E-state index in [9.17, 15) is 14.3 Å². The Morgan fingerprint density at radius 1 is 1.07 bits per heavy atom. The quantitative estimate of drug-likeness (QED) is 0.220. The van der Waals surface area contributed by atoms with Crippen molar-refractivity contribution in [3.8, 4) is 11.5 Å². The highest BCUT2D eigenvalue weighted by molar-refractivity contribution is 5.65. The molecule has 2 atom stereocenters. The number of anilines is 1. The monoisotopic (exact) mass is 621 g/mol. The van der Waals surface area contributed by atoms with E-state index in [1.54, 1.807) is 19.2 Å². The number of amides is 1. The Kier molecular flexibility index (Phi) is 11.9. The number of halogens is 1. The van der Waals surface area contributed by atoms with Crippen molar-refractivity contribution >= 4 is 11.8 Å². The Labute approximate surface area is 264 Å². The number of nitrogens with one attached hydrogen (secondary N) is 1. The Hall–Kier alpha value is -3.86. The number of fused-ring (bicyclic) bond motifs is 1. The molecule has 2 N–H and O–H groups in total. The minimum absolute atomic E-state index is 0.0567. The van der Waals surface area contributed by atoms with Crippen molar-refractivity contribution in [1.29, 1.82) is 0 Å². The Balaban J connectivity index is 1.15. The number of hydrogen-bond acceptors (Lipinski definition) is 7. The van der Waals surface area contributed by atoms with E-state index in [1.165, 1.54) is 11.0 Å². The molecule has 9 nitrogen and oxygen atoms in total. The molecule has 0 radical (unpaired) electrons. The summed E-state index contributed by atoms with van der Waals surface area (Å²) in [5.41, 5.74) is 3.88. The molecule has 2 heterocycles. The van der Waals surface area contributed by atoms with Crippen LogP contribution in [0.3, 0.4) is 0 Å². The maximum atomic E-state index is 13.8. The highest BCUT2D eigenvalue weighted by Crippen LogP contribution is 2.35. The molecule has 0 aliphatic carbocycles. The van der Waals surface area contributed by atoms with Crippen molar-refractivity contribution < 1.29 is 33.2 Å². The number of rotatable bonds is 15. The first kappa shape index (κ1) is 32.5. The number of methoxy groups -OCH3 is 1. The van der Waals surface area contributed by atoms with Gasteiger partial charge in [-0.1, -0.05) is 36.4 Å². The molecular weight excluding hydrogens is 577 g/mol. The summed E-state index contributed by atoms with van der Waals surface area (Å²) in [4.78, 5) is 15.6. The topological polar surface area (TPSA) is 92.7 Å². The van der Waals surface area contributed by atoms with Crippen LogP contribution in [0.25, 0.3) is 0 Å². The molecule has 0 saturated carbocycles. The van der Waals surface area contributed by atoms with Gasteiger partial charge in [0.15, 0.2) is 0 Å². The second-order valence-corrected chi connectivity index (χ2v) is 11.5. The lowest BCUT2D eigenvalue weighted by atomic mass is 9.87. The largest absolute Gasteiger partial charge is 0.492 e. The normalized spacial score (nSPS) is 17.9. The predicted octanol–water partition coefficient (Wildman–Crippen LogP) is 5.32. The number of nitrogens with zero attached hydrogens (tertiary/aromatic N) is 2. The Bertz CT molecular complexity index is 1370. The number of carboxylic acid groups (broad SMARTS) is 1. The van der Waals surface area contributed by atoms with Gasteiger partial charge in [0.1, 0.15) is 30.5 Å². The number of ether oxygens (including phenoxy) is 4. The van der Waals surface area contributed by atoms with Gasteiger partial charge in [-0.3, -0.25) is 0 Å². The summed E-state index contributed by atoms with van der Waals surface area (Å²) in [7, 11) is 1.72. The molecule has 2 aliphatic rings. The molecule has 0 bridgehead atoms. The zero-order valence-electron chi connectivity index (χ0n) is 26.0. The van der Waals surface area contributed by atoms with Crippen LogP contribution in [-0.4, -0.2) is 88.4 Å². The van der Waals surface area contributed by atoms with Crippen LogP contribution >= 0.6 is 0 Å². The van der Waals surface area contributed by atoms with Crippen LogP contribution in [-0.2, 0) is 22.5 Å². The summed E-state index contributed by atoms with van der Waals surface area (Å²) >= 11 is 0. The number of carbonyl (C=O) groups is 1. The van der Waals surface area contributed by atoms with Crippen LogP contribution in [0.2, 0.25) is 0 Å². The van der Waals surface area contributed by atoms with Gasteiger partial charge in [0.2, 0.25) is 0 Å². The van der Waals surface area contributed by atoms with Crippen molar-refractivity contribution in [2.75, 3.05) is 71.1 Å². The van der Waals surface area contributed by atoms with E-state index < -0.39 is 6.09 Å². The third-order valence-electron chi connectivity index (χ3n) is 8.44. The van der Waals surface area contributed by atoms with Gasteiger partial charge in [0, 0.05) is 39.3 Å². The summed E-state index contributed by atoms with van der Waals surface area (Å²) in [6.45, 7) is 6.05. The van der Waals surface area contributed by atoms with E-state index in [0.717, 1.165) is 47.8 Å². The number of likely N-dealkylation sites (tertiary alicyclic amines) is 1. The fourth-order valence-electron chi connectivity index (χ4n) is 5.99. The second kappa shape index (κ2) is 16.5. The predicted molar refractivity (Wildman–Crippen MR) is 171 cm³/mol. The minimum atomic E-state index is -0.925. The highest BCUT2D eigenvalue weighted by Gasteiger charge is 2.33. The van der Waals surface area contributed by atoms with Gasteiger partial charge in [-0.2, -0.15) is 0 Å². The molecule has 1 saturated heterocycles. The average molecular weight is 622 g/mol. The Morgan fingerprint density at radius 3 is 2.71 bits per heavy atom. The van der Waals surface area contributed by atoms with Crippen LogP contribution in [0.1, 0.15) is 35.4 Å². The smallest absolute Gasteiger partial charge is 0.407 e. The van der Waals surface area contributed by atoms with E-state index in [0.29, 0.717) is 71.0 Å². The molecule has 0 spiro atoms. The van der Waals surface area contributed by atoms with Gasteiger partial charge < -0.3 is 39.2 Å². The van der Waals surface area contributed by atoms with Crippen LogP contribution in [0, 0.1) is 5.82 Å². The summed E-state index contributed by atoms with van der Waals surface area (Å²) in [6.07, 6.45) is 1.02. The minimum Gasteiger partial charge on any atom is -0.492 e. The summed E-state index contributed by atoms with van der Waals surface area (Å²) < 4.78 is 37.3. The van der Waals surface area contributed by atoms with Gasteiger partial charge >= 0.3 is 6.09 Å². The number of piperidine rings is 1. The van der Waals surface area contributed by atoms with Crippen LogP contribution in [0.15, 0.2) is 66.7 Å². The lowest BCUT2D eigenvalue weighted by Gasteiger charge is -2.37. The molecule has 5 rings (SSSR count). The van der Waals surface area contributed by atoms with Gasteiger partial charge in [-0.15, -0.1) is 0 Å². The SMILES string of the molecule is COCCCN1CCOc2ccc(COC3CN(C(=O)O)CCC3c3ccc(OCCNCCc4ccccc4F)cc3)cc21. The fraction of sp³-hybridized carbons (Fsp3) is 0.457. The number of hydrogen-bond donors (Lipinski definition) is 2. The first-order valence-corrected chi connectivity index (χ1v) is 15.8. The molecule has 45 heavy (non-hydrogen) atoms. The maximum absolute atomic E-state index is 13.8. The standard InChI is InChI=1S/C35H44FN3O6/c1-42-20-4-17-38-19-22-44-33-12-7-26(23-32(33)38)25-45-34-24-39(35(40)41)18-14-30(34)27-8-10-29(11-9-27)43-21-16-37-15-13-28-5-2-3-6-31(28)36/h2-3,5-12,23,30,34,37H,4,13-22,24-25H2,1H3,(H,40,41). The van der Waals surface area contributed by atoms with Gasteiger partial charge in [-0.25, -0.2) is 9.18 Å². The molecule has 1 fully saturated rings. The van der Waals surface area contributed by atoms with Gasteiger partial charge in [-0.05, 0) is 72.8 Å². The summed E-state index contributed by atoms with van der Waals surface area (Å²) in [6, 6.07) is 21.0. The third-order valence-corrected chi connectivity index (χ3v) is 8.44. The first-order chi connectivity index (χ1) is 22.0. The zero-order valence-corrected chi connectivity index (χ0v) is 26.0. The Morgan fingerprint density at radius 2 is 1.91 bits per heavy atom.